The van der Waals surface area contributed by atoms with Crippen molar-refractivity contribution in [2.75, 3.05) is 13.1 Å². The highest BCUT2D eigenvalue weighted by molar-refractivity contribution is 5.84. The van der Waals surface area contributed by atoms with Gasteiger partial charge in [0.05, 0.1) is 0 Å². The number of carbonyl (C=O) groups is 2. The van der Waals surface area contributed by atoms with Crippen LogP contribution in [0.15, 0.2) is 12.7 Å². The maximum absolute atomic E-state index is 11.7. The molecule has 0 saturated heterocycles. The Kier molecular flexibility index (Phi) is 7.41. The number of aldehydes is 1. The van der Waals surface area contributed by atoms with Crippen LogP contribution in [0.4, 0.5) is 0 Å². The first-order valence-electron chi connectivity index (χ1n) is 5.29. The topological polar surface area (TPSA) is 77.8 Å². The summed E-state index contributed by atoms with van der Waals surface area (Å²) in [7, 11) is 0. The van der Waals surface area contributed by atoms with E-state index < -0.39 is 18.1 Å². The molecule has 0 aliphatic carbocycles. The number of amides is 1. The second-order valence-corrected chi connectivity index (χ2v) is 3.47. The molecule has 0 spiro atoms. The van der Waals surface area contributed by atoms with Crippen molar-refractivity contribution in [3.05, 3.63) is 12.7 Å². The highest BCUT2D eigenvalue weighted by Gasteiger charge is 2.27. The molecular weight excluding hydrogens is 210 g/mol. The molecule has 0 heterocycles. The lowest BCUT2D eigenvalue weighted by Crippen LogP contribution is -2.46. The number of nitrogens with zero attached hydrogens (tertiary/aromatic N) is 1. The van der Waals surface area contributed by atoms with E-state index in [9.17, 15) is 14.7 Å². The van der Waals surface area contributed by atoms with Crippen molar-refractivity contribution in [1.82, 2.24) is 4.90 Å². The van der Waals surface area contributed by atoms with Gasteiger partial charge in [-0.3, -0.25) is 4.79 Å². The molecule has 0 saturated carbocycles. The van der Waals surface area contributed by atoms with Crippen molar-refractivity contribution in [2.45, 2.75) is 32.0 Å². The molecule has 92 valence electrons. The van der Waals surface area contributed by atoms with Gasteiger partial charge in [0, 0.05) is 13.1 Å². The summed E-state index contributed by atoms with van der Waals surface area (Å²) in [6.45, 7) is 6.35. The zero-order valence-electron chi connectivity index (χ0n) is 9.50. The Balaban J connectivity index is 4.45. The first kappa shape index (κ1) is 14.8. The average Bonchev–Trinajstić information content (AvgIpc) is 2.31. The number of aliphatic hydroxyl groups is 2. The zero-order chi connectivity index (χ0) is 12.6. The van der Waals surface area contributed by atoms with E-state index in [0.29, 0.717) is 19.5 Å². The number of hydrogen-bond acceptors (Lipinski definition) is 4. The molecule has 2 unspecified atom stereocenters. The molecule has 2 N–H and O–H groups in total. The minimum Gasteiger partial charge on any atom is -0.382 e. The average molecular weight is 229 g/mol. The third-order valence-electron chi connectivity index (χ3n) is 2.12. The normalized spacial score (nSPS) is 13.9. The summed E-state index contributed by atoms with van der Waals surface area (Å²) in [5, 5.41) is 18.4. The molecule has 0 rings (SSSR count). The quantitative estimate of drug-likeness (QED) is 0.443. The van der Waals surface area contributed by atoms with Crippen LogP contribution in [0.1, 0.15) is 19.8 Å². The first-order chi connectivity index (χ1) is 7.58. The molecule has 1 amide bonds. The van der Waals surface area contributed by atoms with E-state index in [4.69, 9.17) is 5.11 Å². The fourth-order valence-electron chi connectivity index (χ4n) is 1.26. The van der Waals surface area contributed by atoms with Crippen LogP contribution in [-0.4, -0.2) is 52.6 Å². The maximum atomic E-state index is 11.7. The van der Waals surface area contributed by atoms with Crippen molar-refractivity contribution in [3.63, 3.8) is 0 Å². The molecule has 0 radical (unpaired) electrons. The predicted molar refractivity (Wildman–Crippen MR) is 59.8 cm³/mol. The van der Waals surface area contributed by atoms with E-state index in [1.807, 2.05) is 6.92 Å². The number of hydrogen-bond donors (Lipinski definition) is 2. The van der Waals surface area contributed by atoms with Crippen LogP contribution in [-0.2, 0) is 9.59 Å². The third kappa shape index (κ3) is 4.55. The lowest BCUT2D eigenvalue weighted by molar-refractivity contribution is -0.148. The van der Waals surface area contributed by atoms with Gasteiger partial charge in [-0.2, -0.15) is 0 Å². The minimum atomic E-state index is -1.67. The van der Waals surface area contributed by atoms with Crippen molar-refractivity contribution in [3.8, 4) is 0 Å². The number of aliphatic hydroxyl groups excluding tert-OH is 2. The minimum absolute atomic E-state index is 0.153. The Hall–Kier alpha value is -1.20. The molecule has 5 heteroatoms. The second kappa shape index (κ2) is 8.01. The molecule has 0 aliphatic heterocycles. The van der Waals surface area contributed by atoms with Gasteiger partial charge in [-0.25, -0.2) is 0 Å². The largest absolute Gasteiger partial charge is 0.382 e. The molecule has 0 aromatic heterocycles. The van der Waals surface area contributed by atoms with Gasteiger partial charge >= 0.3 is 0 Å². The molecule has 5 nitrogen and oxygen atoms in total. The van der Waals surface area contributed by atoms with Crippen LogP contribution in [0, 0.1) is 0 Å². The third-order valence-corrected chi connectivity index (χ3v) is 2.12. The fraction of sp³-hybridized carbons (Fsp3) is 0.636. The van der Waals surface area contributed by atoms with Gasteiger partial charge in [0.15, 0.2) is 12.4 Å². The van der Waals surface area contributed by atoms with Crippen LogP contribution in [0.5, 0.6) is 0 Å². The zero-order valence-corrected chi connectivity index (χ0v) is 9.50. The Morgan fingerprint density at radius 1 is 1.44 bits per heavy atom. The van der Waals surface area contributed by atoms with Gasteiger partial charge < -0.3 is 19.9 Å². The molecule has 0 aromatic rings. The summed E-state index contributed by atoms with van der Waals surface area (Å²) in [5.41, 5.74) is 0. The Morgan fingerprint density at radius 2 is 2.06 bits per heavy atom. The highest BCUT2D eigenvalue weighted by Crippen LogP contribution is 2.02. The highest BCUT2D eigenvalue weighted by atomic mass is 16.3. The Morgan fingerprint density at radius 3 is 2.50 bits per heavy atom. The summed E-state index contributed by atoms with van der Waals surface area (Å²) < 4.78 is 0. The first-order valence-corrected chi connectivity index (χ1v) is 5.29. The predicted octanol–water partition coefficient (Wildman–Crippen LogP) is -0.278. The van der Waals surface area contributed by atoms with Gasteiger partial charge in [0.1, 0.15) is 6.10 Å². The van der Waals surface area contributed by atoms with Crippen molar-refractivity contribution < 1.29 is 19.8 Å². The van der Waals surface area contributed by atoms with E-state index in [0.717, 1.165) is 6.42 Å². The van der Waals surface area contributed by atoms with Crippen LogP contribution in [0.25, 0.3) is 0 Å². The van der Waals surface area contributed by atoms with Gasteiger partial charge in [-0.1, -0.05) is 13.0 Å². The van der Waals surface area contributed by atoms with Gasteiger partial charge in [-0.05, 0) is 12.8 Å². The van der Waals surface area contributed by atoms with Gasteiger partial charge in [0.2, 0.25) is 0 Å². The van der Waals surface area contributed by atoms with Crippen LogP contribution in [0.2, 0.25) is 0 Å². The number of rotatable bonds is 8. The summed E-state index contributed by atoms with van der Waals surface area (Å²) in [6, 6.07) is 0. The summed E-state index contributed by atoms with van der Waals surface area (Å²) in [5.74, 6) is -0.622. The summed E-state index contributed by atoms with van der Waals surface area (Å²) >= 11 is 0. The fourth-order valence-corrected chi connectivity index (χ4v) is 1.26. The molecule has 16 heavy (non-hydrogen) atoms. The van der Waals surface area contributed by atoms with Crippen LogP contribution < -0.4 is 0 Å². The lowest BCUT2D eigenvalue weighted by Gasteiger charge is -2.25. The summed E-state index contributed by atoms with van der Waals surface area (Å²) in [4.78, 5) is 23.3. The molecule has 0 aliphatic rings. The Bertz CT molecular complexity index is 242. The Labute approximate surface area is 95.4 Å². The second-order valence-electron chi connectivity index (χ2n) is 3.47. The van der Waals surface area contributed by atoms with Crippen molar-refractivity contribution in [1.29, 1.82) is 0 Å². The van der Waals surface area contributed by atoms with E-state index in [-0.39, 0.29) is 6.29 Å². The van der Waals surface area contributed by atoms with E-state index in [1.54, 1.807) is 6.08 Å². The maximum Gasteiger partial charge on any atom is 0.254 e. The lowest BCUT2D eigenvalue weighted by atomic mass is 10.2. The van der Waals surface area contributed by atoms with Gasteiger partial charge in [-0.15, -0.1) is 6.58 Å². The van der Waals surface area contributed by atoms with E-state index in [2.05, 4.69) is 6.58 Å². The van der Waals surface area contributed by atoms with Crippen LogP contribution >= 0.6 is 0 Å². The number of carbonyl (C=O) groups excluding carboxylic acids is 2. The molecule has 2 atom stereocenters. The van der Waals surface area contributed by atoms with Crippen LogP contribution in [0.3, 0.4) is 0 Å². The standard InChI is InChI=1S/C11H19NO4/c1-3-5-7-12(6-4-2)11(16)10(15)9(14)8-13/h3,8-10,14-15H,1,4-7H2,2H3. The summed E-state index contributed by atoms with van der Waals surface area (Å²) in [6.07, 6.45) is -0.161. The van der Waals surface area contributed by atoms with E-state index in [1.165, 1.54) is 4.90 Å². The molecule has 0 aromatic carbocycles. The molecule has 0 bridgehead atoms. The van der Waals surface area contributed by atoms with Crippen molar-refractivity contribution in [2.24, 2.45) is 0 Å². The van der Waals surface area contributed by atoms with Crippen molar-refractivity contribution >= 4 is 12.2 Å². The molecular formula is C11H19NO4. The van der Waals surface area contributed by atoms with Gasteiger partial charge in [0.25, 0.3) is 5.91 Å². The molecule has 0 fully saturated rings. The van der Waals surface area contributed by atoms with E-state index >= 15 is 0 Å². The smallest absolute Gasteiger partial charge is 0.254 e. The monoisotopic (exact) mass is 229 g/mol. The SMILES string of the molecule is C=CCCN(CCC)C(=O)C(O)C(O)C=O.